The zero-order chi connectivity index (χ0) is 15.9. The summed E-state index contributed by atoms with van der Waals surface area (Å²) in [7, 11) is 0. The molecule has 0 spiro atoms. The number of hydrogen-bond donors (Lipinski definition) is 1. The standard InChI is InChI=1S/C19H16N2O/c1-11-7-13(3)15(8-12(11)2)17-9-18(22)19-14(10-20)5-4-6-16(19)21-17/h4-9H,1-3H3,(H,21,22). The number of nitrogens with one attached hydrogen (secondary N) is 1. The van der Waals surface area contributed by atoms with Crippen LogP contribution in [0.25, 0.3) is 22.2 Å². The van der Waals surface area contributed by atoms with Crippen molar-refractivity contribution in [2.75, 3.05) is 0 Å². The fourth-order valence-corrected chi connectivity index (χ4v) is 2.80. The van der Waals surface area contributed by atoms with Crippen LogP contribution in [-0.2, 0) is 0 Å². The molecule has 2 aromatic carbocycles. The first kappa shape index (κ1) is 14.1. The summed E-state index contributed by atoms with van der Waals surface area (Å²) in [4.78, 5) is 15.7. The van der Waals surface area contributed by atoms with Crippen molar-refractivity contribution in [1.82, 2.24) is 4.98 Å². The van der Waals surface area contributed by atoms with E-state index in [9.17, 15) is 4.79 Å². The number of benzene rings is 2. The molecule has 0 saturated heterocycles. The van der Waals surface area contributed by atoms with Crippen molar-refractivity contribution in [2.45, 2.75) is 20.8 Å². The number of nitrogens with zero attached hydrogens (tertiary/aromatic N) is 1. The van der Waals surface area contributed by atoms with Crippen LogP contribution in [0.15, 0.2) is 41.2 Å². The predicted octanol–water partition coefficient (Wildman–Crippen LogP) is 3.99. The maximum atomic E-state index is 12.4. The minimum atomic E-state index is -0.126. The van der Waals surface area contributed by atoms with E-state index < -0.39 is 0 Å². The molecule has 0 fully saturated rings. The van der Waals surface area contributed by atoms with Crippen molar-refractivity contribution in [3.8, 4) is 17.3 Å². The van der Waals surface area contributed by atoms with Gasteiger partial charge in [0, 0.05) is 17.3 Å². The maximum Gasteiger partial charge on any atom is 0.191 e. The molecule has 0 unspecified atom stereocenters. The number of aromatic amines is 1. The Morgan fingerprint density at radius 2 is 1.73 bits per heavy atom. The second kappa shape index (κ2) is 5.16. The fourth-order valence-electron chi connectivity index (χ4n) is 2.80. The SMILES string of the molecule is Cc1cc(C)c(-c2cc(=O)c3c(C#N)cccc3[nH]2)cc1C. The molecule has 3 nitrogen and oxygen atoms in total. The Morgan fingerprint density at radius 1 is 1.00 bits per heavy atom. The van der Waals surface area contributed by atoms with Gasteiger partial charge in [-0.15, -0.1) is 0 Å². The van der Waals surface area contributed by atoms with Gasteiger partial charge in [-0.05, 0) is 55.7 Å². The van der Waals surface area contributed by atoms with E-state index in [-0.39, 0.29) is 5.43 Å². The van der Waals surface area contributed by atoms with Crippen molar-refractivity contribution in [3.63, 3.8) is 0 Å². The molecule has 0 aliphatic rings. The fraction of sp³-hybridized carbons (Fsp3) is 0.158. The summed E-state index contributed by atoms with van der Waals surface area (Å²) in [6.45, 7) is 6.18. The van der Waals surface area contributed by atoms with Gasteiger partial charge in [0.05, 0.1) is 22.5 Å². The van der Waals surface area contributed by atoms with E-state index in [1.165, 1.54) is 11.1 Å². The zero-order valence-corrected chi connectivity index (χ0v) is 12.8. The van der Waals surface area contributed by atoms with E-state index >= 15 is 0 Å². The minimum absolute atomic E-state index is 0.126. The van der Waals surface area contributed by atoms with E-state index in [0.717, 1.165) is 16.8 Å². The quantitative estimate of drug-likeness (QED) is 0.736. The average molecular weight is 288 g/mol. The summed E-state index contributed by atoms with van der Waals surface area (Å²) in [5, 5.41) is 9.61. The van der Waals surface area contributed by atoms with Gasteiger partial charge < -0.3 is 4.98 Å². The molecular weight excluding hydrogens is 272 g/mol. The van der Waals surface area contributed by atoms with Crippen molar-refractivity contribution in [3.05, 3.63) is 68.9 Å². The number of H-pyrrole nitrogens is 1. The predicted molar refractivity (Wildman–Crippen MR) is 88.9 cm³/mol. The van der Waals surface area contributed by atoms with Crippen LogP contribution in [0.4, 0.5) is 0 Å². The third-order valence-corrected chi connectivity index (χ3v) is 4.11. The van der Waals surface area contributed by atoms with Crippen LogP contribution in [0.2, 0.25) is 0 Å². The third-order valence-electron chi connectivity index (χ3n) is 4.11. The Balaban J connectivity index is 2.33. The monoisotopic (exact) mass is 288 g/mol. The molecule has 3 heteroatoms. The molecule has 0 amide bonds. The van der Waals surface area contributed by atoms with Crippen LogP contribution in [-0.4, -0.2) is 4.98 Å². The molecule has 0 aliphatic carbocycles. The Labute approximate surface area is 128 Å². The topological polar surface area (TPSA) is 56.6 Å². The smallest absolute Gasteiger partial charge is 0.191 e. The highest BCUT2D eigenvalue weighted by atomic mass is 16.1. The molecule has 108 valence electrons. The van der Waals surface area contributed by atoms with Gasteiger partial charge in [0.25, 0.3) is 0 Å². The molecule has 1 N–H and O–H groups in total. The number of aryl methyl sites for hydroxylation is 3. The third kappa shape index (κ3) is 2.19. The Kier molecular flexibility index (Phi) is 3.30. The molecule has 0 atom stereocenters. The number of rotatable bonds is 1. The van der Waals surface area contributed by atoms with E-state index in [2.05, 4.69) is 37.0 Å². The highest BCUT2D eigenvalue weighted by molar-refractivity contribution is 5.86. The van der Waals surface area contributed by atoms with Gasteiger partial charge >= 0.3 is 0 Å². The van der Waals surface area contributed by atoms with Crippen LogP contribution in [0.1, 0.15) is 22.3 Å². The van der Waals surface area contributed by atoms with Gasteiger partial charge in [0.2, 0.25) is 0 Å². The maximum absolute atomic E-state index is 12.4. The van der Waals surface area contributed by atoms with Gasteiger partial charge in [-0.3, -0.25) is 4.79 Å². The first-order valence-corrected chi connectivity index (χ1v) is 7.15. The van der Waals surface area contributed by atoms with Gasteiger partial charge in [-0.2, -0.15) is 5.26 Å². The molecule has 1 aromatic heterocycles. The second-order valence-corrected chi connectivity index (χ2v) is 5.64. The number of aromatic nitrogens is 1. The molecule has 22 heavy (non-hydrogen) atoms. The molecule has 0 aliphatic heterocycles. The Morgan fingerprint density at radius 3 is 2.45 bits per heavy atom. The van der Waals surface area contributed by atoms with Crippen LogP contribution in [0, 0.1) is 32.1 Å². The summed E-state index contributed by atoms with van der Waals surface area (Å²) in [5.74, 6) is 0. The van der Waals surface area contributed by atoms with Gasteiger partial charge in [0.1, 0.15) is 0 Å². The summed E-state index contributed by atoms with van der Waals surface area (Å²) in [6.07, 6.45) is 0. The minimum Gasteiger partial charge on any atom is -0.354 e. The lowest BCUT2D eigenvalue weighted by molar-refractivity contribution is 1.28. The van der Waals surface area contributed by atoms with E-state index in [1.807, 2.05) is 13.0 Å². The molecule has 3 rings (SSSR count). The Bertz CT molecular complexity index is 991. The molecule has 0 saturated carbocycles. The van der Waals surface area contributed by atoms with Gasteiger partial charge in [-0.25, -0.2) is 0 Å². The highest BCUT2D eigenvalue weighted by Crippen LogP contribution is 2.26. The number of fused-ring (bicyclic) bond motifs is 1. The first-order chi connectivity index (χ1) is 10.5. The van der Waals surface area contributed by atoms with Crippen LogP contribution in [0.5, 0.6) is 0 Å². The molecule has 0 bridgehead atoms. The zero-order valence-electron chi connectivity index (χ0n) is 12.8. The van der Waals surface area contributed by atoms with E-state index in [1.54, 1.807) is 18.2 Å². The first-order valence-electron chi connectivity index (χ1n) is 7.15. The summed E-state index contributed by atoms with van der Waals surface area (Å²) in [5.41, 5.74) is 6.32. The molecule has 1 heterocycles. The normalized spacial score (nSPS) is 10.6. The molecule has 0 radical (unpaired) electrons. The van der Waals surface area contributed by atoms with Crippen molar-refractivity contribution in [1.29, 1.82) is 5.26 Å². The second-order valence-electron chi connectivity index (χ2n) is 5.64. The van der Waals surface area contributed by atoms with Crippen LogP contribution >= 0.6 is 0 Å². The van der Waals surface area contributed by atoms with E-state index in [4.69, 9.17) is 5.26 Å². The molecule has 3 aromatic rings. The lowest BCUT2D eigenvalue weighted by atomic mass is 9.97. The number of pyridine rings is 1. The lowest BCUT2D eigenvalue weighted by Gasteiger charge is -2.11. The summed E-state index contributed by atoms with van der Waals surface area (Å²) in [6, 6.07) is 13.2. The van der Waals surface area contributed by atoms with Gasteiger partial charge in [-0.1, -0.05) is 12.1 Å². The van der Waals surface area contributed by atoms with Crippen LogP contribution in [0.3, 0.4) is 0 Å². The average Bonchev–Trinajstić information content (AvgIpc) is 2.50. The van der Waals surface area contributed by atoms with Gasteiger partial charge in [0.15, 0.2) is 5.43 Å². The number of hydrogen-bond acceptors (Lipinski definition) is 2. The summed E-state index contributed by atoms with van der Waals surface area (Å²) < 4.78 is 0. The van der Waals surface area contributed by atoms with Crippen LogP contribution < -0.4 is 5.43 Å². The van der Waals surface area contributed by atoms with Crippen molar-refractivity contribution >= 4 is 10.9 Å². The van der Waals surface area contributed by atoms with E-state index in [0.29, 0.717) is 16.5 Å². The van der Waals surface area contributed by atoms with Crippen molar-refractivity contribution in [2.24, 2.45) is 0 Å². The summed E-state index contributed by atoms with van der Waals surface area (Å²) >= 11 is 0. The molecular formula is C19H16N2O. The van der Waals surface area contributed by atoms with Crippen molar-refractivity contribution < 1.29 is 0 Å². The largest absolute Gasteiger partial charge is 0.354 e. The number of nitriles is 1. The highest BCUT2D eigenvalue weighted by Gasteiger charge is 2.10. The lowest BCUT2D eigenvalue weighted by Crippen LogP contribution is -2.05. The Hall–Kier alpha value is -2.86.